The van der Waals surface area contributed by atoms with E-state index in [1.165, 1.54) is 10.5 Å². The number of aliphatic hydroxyl groups is 1. The first-order valence-corrected chi connectivity index (χ1v) is 11.6. The fourth-order valence-corrected chi connectivity index (χ4v) is 4.79. The van der Waals surface area contributed by atoms with Crippen LogP contribution in [-0.4, -0.2) is 51.6 Å². The topological polar surface area (TPSA) is 121 Å². The molecule has 0 aromatic heterocycles. The van der Waals surface area contributed by atoms with Crippen LogP contribution in [0.2, 0.25) is 0 Å². The molecule has 7 nitrogen and oxygen atoms in total. The van der Waals surface area contributed by atoms with Crippen LogP contribution >= 0.6 is 0 Å². The minimum absolute atomic E-state index is 0.141. The van der Waals surface area contributed by atoms with Gasteiger partial charge in [0.05, 0.1) is 12.6 Å². The third kappa shape index (κ3) is 5.25. The number of hydrogen-bond acceptors (Lipinski definition) is 4. The van der Waals surface area contributed by atoms with Gasteiger partial charge in [-0.1, -0.05) is 60.7 Å². The van der Waals surface area contributed by atoms with Gasteiger partial charge in [-0.3, -0.25) is 9.59 Å². The number of rotatable bonds is 10. The van der Waals surface area contributed by atoms with Crippen molar-refractivity contribution in [2.45, 2.75) is 37.8 Å². The number of hydrogen-bond donors (Lipinski definition) is 3. The largest absolute Gasteiger partial charge is 0.480 e. The number of nitrogens with zero attached hydrogens (tertiary/aromatic N) is 1. The molecular formula is C28H28N2O5. The van der Waals surface area contributed by atoms with Gasteiger partial charge in [-0.2, -0.15) is 0 Å². The van der Waals surface area contributed by atoms with Gasteiger partial charge in [0, 0.05) is 12.0 Å². The number of primary amides is 1. The van der Waals surface area contributed by atoms with Gasteiger partial charge >= 0.3 is 5.97 Å². The minimum atomic E-state index is -1.32. The third-order valence-electron chi connectivity index (χ3n) is 6.48. The molecule has 35 heavy (non-hydrogen) atoms. The van der Waals surface area contributed by atoms with Crippen LogP contribution in [0.1, 0.15) is 39.9 Å². The number of amides is 2. The molecule has 0 fully saturated rings. The number of carboxylic acid groups (broad SMARTS) is 1. The highest BCUT2D eigenvalue weighted by Gasteiger charge is 2.36. The summed E-state index contributed by atoms with van der Waals surface area (Å²) in [6, 6.07) is 20.6. The molecule has 0 unspecified atom stereocenters. The van der Waals surface area contributed by atoms with Crippen LogP contribution in [-0.2, 0) is 22.4 Å². The summed E-state index contributed by atoms with van der Waals surface area (Å²) in [5.74, 6) is -2.40. The minimum Gasteiger partial charge on any atom is -0.480 e. The summed E-state index contributed by atoms with van der Waals surface area (Å²) < 4.78 is 0. The maximum Gasteiger partial charge on any atom is 0.326 e. The summed E-state index contributed by atoms with van der Waals surface area (Å²) >= 11 is 0. The van der Waals surface area contributed by atoms with Gasteiger partial charge in [0.2, 0.25) is 5.91 Å². The van der Waals surface area contributed by atoms with Crippen LogP contribution < -0.4 is 5.73 Å². The Balaban J connectivity index is 1.70. The SMILES string of the molecule is NC(=O)CC[C@@H](C(=O)O)N(C(=O)c1ccc2c(c1)Cc1ccccc1-2)[C@H](CO)Cc1ccccc1. The zero-order valence-electron chi connectivity index (χ0n) is 19.3. The van der Waals surface area contributed by atoms with Gasteiger partial charge in [0.25, 0.3) is 5.91 Å². The van der Waals surface area contributed by atoms with Crippen LogP contribution in [0.25, 0.3) is 11.1 Å². The first-order valence-electron chi connectivity index (χ1n) is 11.6. The quantitative estimate of drug-likeness (QED) is 0.328. The summed E-state index contributed by atoms with van der Waals surface area (Å²) in [5, 5.41) is 20.3. The van der Waals surface area contributed by atoms with E-state index in [-0.39, 0.29) is 19.3 Å². The van der Waals surface area contributed by atoms with Crippen molar-refractivity contribution < 1.29 is 24.6 Å². The lowest BCUT2D eigenvalue weighted by Crippen LogP contribution is -2.53. The van der Waals surface area contributed by atoms with Crippen LogP contribution in [0, 0.1) is 0 Å². The predicted octanol–water partition coefficient (Wildman–Crippen LogP) is 3.02. The lowest BCUT2D eigenvalue weighted by molar-refractivity contribution is -0.143. The second-order valence-corrected chi connectivity index (χ2v) is 8.80. The van der Waals surface area contributed by atoms with Gasteiger partial charge < -0.3 is 20.8 Å². The molecule has 1 aliphatic carbocycles. The Labute approximate surface area is 203 Å². The Hall–Kier alpha value is -3.97. The lowest BCUT2D eigenvalue weighted by atomic mass is 9.98. The Kier molecular flexibility index (Phi) is 7.27. The molecule has 0 radical (unpaired) electrons. The second kappa shape index (κ2) is 10.5. The molecule has 0 saturated carbocycles. The van der Waals surface area contributed by atoms with E-state index in [1.807, 2.05) is 54.6 Å². The normalized spacial score (nSPS) is 13.4. The molecule has 0 aliphatic heterocycles. The average molecular weight is 473 g/mol. The fraction of sp³-hybridized carbons (Fsp3) is 0.250. The molecule has 1 aliphatic rings. The van der Waals surface area contributed by atoms with E-state index in [9.17, 15) is 24.6 Å². The van der Waals surface area contributed by atoms with Crippen molar-refractivity contribution in [3.05, 3.63) is 95.1 Å². The number of carbonyl (C=O) groups is 3. The Morgan fingerprint density at radius 2 is 1.60 bits per heavy atom. The van der Waals surface area contributed by atoms with Crippen LogP contribution in [0.3, 0.4) is 0 Å². The van der Waals surface area contributed by atoms with E-state index >= 15 is 0 Å². The predicted molar refractivity (Wildman–Crippen MR) is 132 cm³/mol. The summed E-state index contributed by atoms with van der Waals surface area (Å²) in [5.41, 5.74) is 10.8. The van der Waals surface area contributed by atoms with Gasteiger partial charge in [-0.25, -0.2) is 4.79 Å². The van der Waals surface area contributed by atoms with Crippen molar-refractivity contribution in [1.29, 1.82) is 0 Å². The van der Waals surface area contributed by atoms with E-state index in [0.29, 0.717) is 12.0 Å². The molecule has 0 heterocycles. The first-order chi connectivity index (χ1) is 16.9. The number of carbonyl (C=O) groups excluding carboxylic acids is 2. The monoisotopic (exact) mass is 472 g/mol. The standard InChI is InChI=1S/C28H28N2O5/c29-26(32)13-12-25(28(34)35)30(22(17-31)14-18-6-2-1-3-7-18)27(33)20-10-11-24-21(16-20)15-19-8-4-5-9-23(19)24/h1-11,16,22,25,31H,12-15,17H2,(H2,29,32)(H,34,35)/t22-,25-/m0/s1. The Bertz CT molecular complexity index is 1240. The highest BCUT2D eigenvalue weighted by atomic mass is 16.4. The van der Waals surface area contributed by atoms with E-state index in [1.54, 1.807) is 12.1 Å². The van der Waals surface area contributed by atoms with Gasteiger partial charge in [0.15, 0.2) is 0 Å². The van der Waals surface area contributed by atoms with Crippen molar-refractivity contribution in [1.82, 2.24) is 4.90 Å². The number of benzene rings is 3. The third-order valence-corrected chi connectivity index (χ3v) is 6.48. The summed E-state index contributed by atoms with van der Waals surface area (Å²) in [7, 11) is 0. The van der Waals surface area contributed by atoms with E-state index in [4.69, 9.17) is 5.73 Å². The second-order valence-electron chi connectivity index (χ2n) is 8.80. The zero-order valence-corrected chi connectivity index (χ0v) is 19.3. The number of fused-ring (bicyclic) bond motifs is 3. The highest BCUT2D eigenvalue weighted by molar-refractivity contribution is 5.98. The molecule has 4 rings (SSSR count). The van der Waals surface area contributed by atoms with Crippen molar-refractivity contribution in [3.8, 4) is 11.1 Å². The molecule has 0 bridgehead atoms. The highest BCUT2D eigenvalue weighted by Crippen LogP contribution is 2.37. The maximum atomic E-state index is 13.8. The number of aliphatic hydroxyl groups excluding tert-OH is 1. The molecule has 3 aromatic rings. The fourth-order valence-electron chi connectivity index (χ4n) is 4.79. The molecule has 2 amide bonds. The number of carboxylic acids is 1. The van der Waals surface area contributed by atoms with Crippen molar-refractivity contribution in [2.24, 2.45) is 5.73 Å². The molecule has 0 saturated heterocycles. The van der Waals surface area contributed by atoms with Gasteiger partial charge in [0.1, 0.15) is 6.04 Å². The Morgan fingerprint density at radius 1 is 0.914 bits per heavy atom. The van der Waals surface area contributed by atoms with E-state index < -0.39 is 36.5 Å². The first kappa shape index (κ1) is 24.2. The van der Waals surface area contributed by atoms with Crippen molar-refractivity contribution in [3.63, 3.8) is 0 Å². The molecular weight excluding hydrogens is 444 g/mol. The number of aliphatic carboxylic acids is 1. The maximum absolute atomic E-state index is 13.8. The van der Waals surface area contributed by atoms with E-state index in [0.717, 1.165) is 22.3 Å². The molecule has 180 valence electrons. The van der Waals surface area contributed by atoms with Crippen LogP contribution in [0.4, 0.5) is 0 Å². The zero-order chi connectivity index (χ0) is 24.9. The summed E-state index contributed by atoms with van der Waals surface area (Å²) in [4.78, 5) is 38.7. The summed E-state index contributed by atoms with van der Waals surface area (Å²) in [6.07, 6.45) is 0.617. The smallest absolute Gasteiger partial charge is 0.326 e. The van der Waals surface area contributed by atoms with Crippen molar-refractivity contribution in [2.75, 3.05) is 6.61 Å². The summed E-state index contributed by atoms with van der Waals surface area (Å²) in [6.45, 7) is -0.433. The molecule has 0 spiro atoms. The molecule has 4 N–H and O–H groups in total. The number of nitrogens with two attached hydrogens (primary N) is 1. The van der Waals surface area contributed by atoms with Gasteiger partial charge in [-0.15, -0.1) is 0 Å². The van der Waals surface area contributed by atoms with Crippen LogP contribution in [0.5, 0.6) is 0 Å². The Morgan fingerprint density at radius 3 is 2.29 bits per heavy atom. The average Bonchev–Trinajstić information content (AvgIpc) is 3.23. The lowest BCUT2D eigenvalue weighted by Gasteiger charge is -2.35. The molecule has 2 atom stereocenters. The van der Waals surface area contributed by atoms with Gasteiger partial charge in [-0.05, 0) is 59.2 Å². The molecule has 7 heteroatoms. The molecule has 3 aromatic carbocycles. The van der Waals surface area contributed by atoms with Crippen LogP contribution in [0.15, 0.2) is 72.8 Å². The van der Waals surface area contributed by atoms with E-state index in [2.05, 4.69) is 6.07 Å². The van der Waals surface area contributed by atoms with Crippen molar-refractivity contribution >= 4 is 17.8 Å².